The lowest BCUT2D eigenvalue weighted by atomic mass is 10.1. The second-order valence-corrected chi connectivity index (χ2v) is 8.01. The normalized spacial score (nSPS) is 15.6. The van der Waals surface area contributed by atoms with Gasteiger partial charge in [0, 0.05) is 38.2 Å². The number of aryl methyl sites for hydroxylation is 1. The molecule has 1 unspecified atom stereocenters. The van der Waals surface area contributed by atoms with Gasteiger partial charge in [-0.3, -0.25) is 4.99 Å². The summed E-state index contributed by atoms with van der Waals surface area (Å²) in [6.45, 7) is 6.37. The topological polar surface area (TPSA) is 64.1 Å². The first-order chi connectivity index (χ1) is 15.6. The molecule has 2 aromatic rings. The van der Waals surface area contributed by atoms with E-state index in [-0.39, 0.29) is 29.8 Å². The molecule has 0 aromatic heterocycles. The smallest absolute Gasteiger partial charge is 0.191 e. The number of ether oxygens (including phenoxy) is 3. The van der Waals surface area contributed by atoms with Crippen LogP contribution in [-0.2, 0) is 11.3 Å². The van der Waals surface area contributed by atoms with Crippen molar-refractivity contribution in [1.82, 2.24) is 10.6 Å². The summed E-state index contributed by atoms with van der Waals surface area (Å²) in [5.74, 6) is 2.57. The molecule has 0 amide bonds. The second-order valence-electron chi connectivity index (χ2n) is 8.01. The van der Waals surface area contributed by atoms with E-state index >= 15 is 0 Å². The SMILES string of the molecule is CN=C(NCCCCOc1ccc(F)cc1)NCc1ccc(C)cc1OCC1CCOC1.I. The summed E-state index contributed by atoms with van der Waals surface area (Å²) in [6, 6.07) is 12.4. The Kier molecular flexibility index (Phi) is 12.3. The number of nitrogens with zero attached hydrogens (tertiary/aromatic N) is 1. The van der Waals surface area contributed by atoms with Gasteiger partial charge in [-0.15, -0.1) is 24.0 Å². The molecule has 0 aliphatic carbocycles. The number of halogens is 2. The van der Waals surface area contributed by atoms with E-state index in [9.17, 15) is 4.39 Å². The number of hydrogen-bond donors (Lipinski definition) is 2. The number of rotatable bonds is 11. The van der Waals surface area contributed by atoms with Gasteiger partial charge >= 0.3 is 0 Å². The summed E-state index contributed by atoms with van der Waals surface area (Å²) in [5, 5.41) is 6.69. The van der Waals surface area contributed by atoms with Crippen molar-refractivity contribution in [3.8, 4) is 11.5 Å². The van der Waals surface area contributed by atoms with E-state index in [1.165, 1.54) is 17.7 Å². The molecule has 2 aromatic carbocycles. The van der Waals surface area contributed by atoms with Crippen molar-refractivity contribution >= 4 is 29.9 Å². The van der Waals surface area contributed by atoms with Crippen LogP contribution < -0.4 is 20.1 Å². The van der Waals surface area contributed by atoms with Crippen molar-refractivity contribution in [3.63, 3.8) is 0 Å². The van der Waals surface area contributed by atoms with Crippen molar-refractivity contribution in [2.24, 2.45) is 10.9 Å². The van der Waals surface area contributed by atoms with Crippen LogP contribution in [0.1, 0.15) is 30.4 Å². The first kappa shape index (κ1) is 27.2. The van der Waals surface area contributed by atoms with E-state index in [2.05, 4.69) is 40.7 Å². The van der Waals surface area contributed by atoms with Crippen LogP contribution in [0.15, 0.2) is 47.5 Å². The van der Waals surface area contributed by atoms with Crippen molar-refractivity contribution in [3.05, 3.63) is 59.4 Å². The molecular weight excluding hydrogens is 536 g/mol. The molecule has 33 heavy (non-hydrogen) atoms. The van der Waals surface area contributed by atoms with Crippen molar-refractivity contribution in [2.75, 3.05) is 40.0 Å². The molecule has 3 rings (SSSR count). The minimum Gasteiger partial charge on any atom is -0.494 e. The van der Waals surface area contributed by atoms with Crippen molar-refractivity contribution in [2.45, 2.75) is 32.7 Å². The zero-order valence-electron chi connectivity index (χ0n) is 19.4. The largest absolute Gasteiger partial charge is 0.494 e. The zero-order chi connectivity index (χ0) is 22.6. The van der Waals surface area contributed by atoms with Crippen LogP contribution in [-0.4, -0.2) is 46.0 Å². The van der Waals surface area contributed by atoms with Crippen LogP contribution in [0.4, 0.5) is 4.39 Å². The maximum Gasteiger partial charge on any atom is 0.191 e. The fourth-order valence-corrected chi connectivity index (χ4v) is 3.42. The summed E-state index contributed by atoms with van der Waals surface area (Å²) >= 11 is 0. The standard InChI is InChI=1S/C25H34FN3O3.HI/c1-19-5-6-21(24(15-19)32-18-20-11-14-30-17-20)16-29-25(27-2)28-12-3-4-13-31-23-9-7-22(26)8-10-23;/h5-10,15,20H,3-4,11-14,16-18H2,1-2H3,(H2,27,28,29);1H. The molecule has 0 bridgehead atoms. The van der Waals surface area contributed by atoms with Crippen LogP contribution in [0.2, 0.25) is 0 Å². The molecule has 2 N–H and O–H groups in total. The highest BCUT2D eigenvalue weighted by molar-refractivity contribution is 14.0. The molecule has 182 valence electrons. The maximum absolute atomic E-state index is 12.9. The minimum absolute atomic E-state index is 0. The fraction of sp³-hybridized carbons (Fsp3) is 0.480. The van der Waals surface area contributed by atoms with E-state index in [1.54, 1.807) is 19.2 Å². The third-order valence-corrected chi connectivity index (χ3v) is 5.34. The molecule has 0 radical (unpaired) electrons. The molecule has 1 aliphatic heterocycles. The molecule has 8 heteroatoms. The first-order valence-electron chi connectivity index (χ1n) is 11.3. The van der Waals surface area contributed by atoms with Gasteiger partial charge in [-0.2, -0.15) is 0 Å². The van der Waals surface area contributed by atoms with Gasteiger partial charge in [0.05, 0.1) is 19.8 Å². The average Bonchev–Trinajstić information content (AvgIpc) is 3.32. The number of nitrogens with one attached hydrogen (secondary N) is 2. The van der Waals surface area contributed by atoms with Crippen LogP contribution in [0.25, 0.3) is 0 Å². The highest BCUT2D eigenvalue weighted by Crippen LogP contribution is 2.22. The van der Waals surface area contributed by atoms with Crippen LogP contribution >= 0.6 is 24.0 Å². The van der Waals surface area contributed by atoms with Gasteiger partial charge in [-0.1, -0.05) is 12.1 Å². The van der Waals surface area contributed by atoms with Crippen molar-refractivity contribution in [1.29, 1.82) is 0 Å². The Hall–Kier alpha value is -2.07. The van der Waals surface area contributed by atoms with Gasteiger partial charge < -0.3 is 24.8 Å². The molecule has 1 saturated heterocycles. The highest BCUT2D eigenvalue weighted by Gasteiger charge is 2.17. The molecule has 1 atom stereocenters. The van der Waals surface area contributed by atoms with Gasteiger partial charge in [0.1, 0.15) is 17.3 Å². The predicted molar refractivity (Wildman–Crippen MR) is 140 cm³/mol. The number of hydrogen-bond acceptors (Lipinski definition) is 4. The molecule has 0 spiro atoms. The Labute approximate surface area is 213 Å². The molecule has 0 saturated carbocycles. The third kappa shape index (κ3) is 9.75. The van der Waals surface area contributed by atoms with E-state index in [0.29, 0.717) is 31.4 Å². The van der Waals surface area contributed by atoms with Gasteiger partial charge in [0.15, 0.2) is 5.96 Å². The number of benzene rings is 2. The molecular formula is C25H35FIN3O3. The summed E-state index contributed by atoms with van der Waals surface area (Å²) in [5.41, 5.74) is 2.28. The number of aliphatic imine (C=N–C) groups is 1. The highest BCUT2D eigenvalue weighted by atomic mass is 127. The maximum atomic E-state index is 12.9. The van der Waals surface area contributed by atoms with E-state index in [1.807, 2.05) is 0 Å². The lowest BCUT2D eigenvalue weighted by Gasteiger charge is -2.17. The number of unbranched alkanes of at least 4 members (excludes halogenated alkanes) is 1. The van der Waals surface area contributed by atoms with Crippen LogP contribution in [0.3, 0.4) is 0 Å². The molecule has 1 fully saturated rings. The Bertz CT molecular complexity index is 858. The Morgan fingerprint density at radius 2 is 1.94 bits per heavy atom. The second kappa shape index (κ2) is 15.0. The molecule has 1 heterocycles. The van der Waals surface area contributed by atoms with E-state index in [4.69, 9.17) is 14.2 Å². The van der Waals surface area contributed by atoms with Gasteiger partial charge in [-0.25, -0.2) is 4.39 Å². The van der Waals surface area contributed by atoms with Gasteiger partial charge in [0.2, 0.25) is 0 Å². The Morgan fingerprint density at radius 3 is 2.67 bits per heavy atom. The van der Waals surface area contributed by atoms with E-state index in [0.717, 1.165) is 56.3 Å². The first-order valence-corrected chi connectivity index (χ1v) is 11.3. The number of guanidine groups is 1. The lowest BCUT2D eigenvalue weighted by Crippen LogP contribution is -2.37. The molecule has 1 aliphatic rings. The summed E-state index contributed by atoms with van der Waals surface area (Å²) in [6.07, 6.45) is 2.89. The monoisotopic (exact) mass is 571 g/mol. The predicted octanol–water partition coefficient (Wildman–Crippen LogP) is 4.69. The van der Waals surface area contributed by atoms with E-state index < -0.39 is 0 Å². The van der Waals surface area contributed by atoms with Crippen LogP contribution in [0, 0.1) is 18.7 Å². The Morgan fingerprint density at radius 1 is 1.12 bits per heavy atom. The minimum atomic E-state index is -0.256. The zero-order valence-corrected chi connectivity index (χ0v) is 21.8. The average molecular weight is 571 g/mol. The van der Waals surface area contributed by atoms with Gasteiger partial charge in [-0.05, 0) is 62.1 Å². The van der Waals surface area contributed by atoms with Crippen LogP contribution in [0.5, 0.6) is 11.5 Å². The summed E-state index contributed by atoms with van der Waals surface area (Å²) in [7, 11) is 1.76. The quantitative estimate of drug-likeness (QED) is 0.177. The van der Waals surface area contributed by atoms with Gasteiger partial charge in [0.25, 0.3) is 0 Å². The lowest BCUT2D eigenvalue weighted by molar-refractivity contribution is 0.166. The Balaban J connectivity index is 0.00000385. The summed E-state index contributed by atoms with van der Waals surface area (Å²) in [4.78, 5) is 4.30. The third-order valence-electron chi connectivity index (χ3n) is 5.34. The molecule has 6 nitrogen and oxygen atoms in total. The van der Waals surface area contributed by atoms with Crippen molar-refractivity contribution < 1.29 is 18.6 Å². The summed E-state index contributed by atoms with van der Waals surface area (Å²) < 4.78 is 30.1. The fourth-order valence-electron chi connectivity index (χ4n) is 3.42.